The molecule has 0 saturated heterocycles. The van der Waals surface area contributed by atoms with Crippen molar-refractivity contribution in [2.24, 2.45) is 5.84 Å². The van der Waals surface area contributed by atoms with Crippen molar-refractivity contribution < 1.29 is 0 Å². The van der Waals surface area contributed by atoms with Gasteiger partial charge in [-0.2, -0.15) is 5.10 Å². The lowest BCUT2D eigenvalue weighted by molar-refractivity contribution is 0.446. The van der Waals surface area contributed by atoms with Gasteiger partial charge in [-0.15, -0.1) is 0 Å². The first-order valence-corrected chi connectivity index (χ1v) is 7.98. The molecular weight excluding hydrogens is 328 g/mol. The molecule has 1 aromatic heterocycles. The van der Waals surface area contributed by atoms with Gasteiger partial charge in [0.05, 0.1) is 22.4 Å². The Kier molecular flexibility index (Phi) is 5.19. The quantitative estimate of drug-likeness (QED) is 0.639. The summed E-state index contributed by atoms with van der Waals surface area (Å²) in [5.41, 5.74) is 7.90. The van der Waals surface area contributed by atoms with Crippen LogP contribution < -0.4 is 11.3 Å². The maximum Gasteiger partial charge on any atom is 0.0715 e. The van der Waals surface area contributed by atoms with E-state index in [0.717, 1.165) is 16.6 Å². The van der Waals surface area contributed by atoms with Crippen LogP contribution in [0.4, 0.5) is 0 Å². The van der Waals surface area contributed by atoms with E-state index in [1.807, 2.05) is 10.9 Å². The predicted molar refractivity (Wildman–Crippen MR) is 90.0 cm³/mol. The van der Waals surface area contributed by atoms with E-state index in [1.165, 1.54) is 16.7 Å². The molecule has 0 bridgehead atoms. The van der Waals surface area contributed by atoms with Crippen LogP contribution in [0.5, 0.6) is 0 Å². The van der Waals surface area contributed by atoms with Crippen molar-refractivity contribution in [2.75, 3.05) is 0 Å². The van der Waals surface area contributed by atoms with Crippen molar-refractivity contribution >= 4 is 15.9 Å². The molecule has 0 aliphatic carbocycles. The zero-order valence-corrected chi connectivity index (χ0v) is 14.6. The summed E-state index contributed by atoms with van der Waals surface area (Å²) < 4.78 is 3.00. The zero-order valence-electron chi connectivity index (χ0n) is 13.0. The third-order valence-electron chi connectivity index (χ3n) is 3.82. The molecule has 0 aliphatic heterocycles. The Morgan fingerprint density at radius 1 is 1.29 bits per heavy atom. The highest BCUT2D eigenvalue weighted by Gasteiger charge is 2.21. The highest BCUT2D eigenvalue weighted by molar-refractivity contribution is 9.10. The number of nitrogens with zero attached hydrogens (tertiary/aromatic N) is 2. The van der Waals surface area contributed by atoms with Gasteiger partial charge in [-0.25, -0.2) is 0 Å². The Bertz CT molecular complexity index is 619. The second kappa shape index (κ2) is 6.73. The van der Waals surface area contributed by atoms with Crippen LogP contribution in [0.3, 0.4) is 0 Å². The predicted octanol–water partition coefficient (Wildman–Crippen LogP) is 3.59. The van der Waals surface area contributed by atoms with Gasteiger partial charge in [0.15, 0.2) is 0 Å². The van der Waals surface area contributed by atoms with Crippen molar-refractivity contribution in [1.29, 1.82) is 0 Å². The topological polar surface area (TPSA) is 55.9 Å². The number of hydrogen-bond acceptors (Lipinski definition) is 3. The van der Waals surface area contributed by atoms with E-state index in [9.17, 15) is 0 Å². The fourth-order valence-electron chi connectivity index (χ4n) is 2.49. The molecule has 21 heavy (non-hydrogen) atoms. The SMILES string of the molecule is Cc1ccc(CC(NN)c2c(Br)cnn2C(C)C)cc1C. The average Bonchev–Trinajstić information content (AvgIpc) is 2.82. The molecule has 0 fully saturated rings. The van der Waals surface area contributed by atoms with Crippen LogP contribution in [-0.4, -0.2) is 9.78 Å². The number of rotatable bonds is 5. The minimum absolute atomic E-state index is 0.0198. The van der Waals surface area contributed by atoms with Crippen molar-refractivity contribution in [2.45, 2.75) is 46.2 Å². The van der Waals surface area contributed by atoms with Crippen molar-refractivity contribution in [3.63, 3.8) is 0 Å². The number of aromatic nitrogens is 2. The summed E-state index contributed by atoms with van der Waals surface area (Å²) in [5.74, 6) is 5.81. The smallest absolute Gasteiger partial charge is 0.0715 e. The Morgan fingerprint density at radius 2 is 2.00 bits per heavy atom. The molecule has 1 heterocycles. The minimum atomic E-state index is 0.0198. The van der Waals surface area contributed by atoms with E-state index in [2.05, 4.69) is 72.3 Å². The molecule has 0 saturated carbocycles. The number of nitrogens with one attached hydrogen (secondary N) is 1. The van der Waals surface area contributed by atoms with Crippen molar-refractivity contribution in [3.05, 3.63) is 51.3 Å². The molecule has 2 rings (SSSR count). The van der Waals surface area contributed by atoms with Gasteiger partial charge in [-0.3, -0.25) is 16.0 Å². The third kappa shape index (κ3) is 3.54. The fourth-order valence-corrected chi connectivity index (χ4v) is 3.04. The molecule has 0 radical (unpaired) electrons. The second-order valence-corrected chi connectivity index (χ2v) is 6.61. The van der Waals surface area contributed by atoms with Gasteiger partial charge in [0.25, 0.3) is 0 Å². The van der Waals surface area contributed by atoms with E-state index in [1.54, 1.807) is 0 Å². The van der Waals surface area contributed by atoms with Crippen LogP contribution in [0.1, 0.15) is 48.3 Å². The molecule has 3 N–H and O–H groups in total. The number of hydrogen-bond donors (Lipinski definition) is 2. The number of aryl methyl sites for hydroxylation is 2. The van der Waals surface area contributed by atoms with Crippen molar-refractivity contribution in [1.82, 2.24) is 15.2 Å². The fraction of sp³-hybridized carbons (Fsp3) is 0.438. The Balaban J connectivity index is 2.32. The summed E-state index contributed by atoms with van der Waals surface area (Å²) >= 11 is 3.59. The lowest BCUT2D eigenvalue weighted by atomic mass is 9.99. The van der Waals surface area contributed by atoms with Gasteiger partial charge in [0.1, 0.15) is 0 Å². The van der Waals surface area contributed by atoms with Gasteiger partial charge in [-0.05, 0) is 66.7 Å². The summed E-state index contributed by atoms with van der Waals surface area (Å²) in [6, 6.07) is 6.86. The summed E-state index contributed by atoms with van der Waals surface area (Å²) in [5, 5.41) is 4.43. The molecule has 1 aromatic carbocycles. The van der Waals surface area contributed by atoms with Crippen LogP contribution in [-0.2, 0) is 6.42 Å². The number of halogens is 1. The van der Waals surface area contributed by atoms with Crippen LogP contribution in [0.25, 0.3) is 0 Å². The lowest BCUT2D eigenvalue weighted by Gasteiger charge is -2.21. The number of nitrogens with two attached hydrogens (primary N) is 1. The third-order valence-corrected chi connectivity index (χ3v) is 4.43. The molecule has 1 unspecified atom stereocenters. The number of benzene rings is 1. The second-order valence-electron chi connectivity index (χ2n) is 5.76. The number of hydrazine groups is 1. The molecule has 2 aromatic rings. The standard InChI is InChI=1S/C16H23BrN4/c1-10(2)21-16(14(17)9-19-21)15(20-18)8-13-6-5-11(3)12(4)7-13/h5-7,9-10,15,20H,8,18H2,1-4H3. The van der Waals surface area contributed by atoms with Crippen LogP contribution in [0, 0.1) is 13.8 Å². The molecule has 0 spiro atoms. The van der Waals surface area contributed by atoms with Gasteiger partial charge in [0, 0.05) is 6.04 Å². The zero-order chi connectivity index (χ0) is 15.6. The Morgan fingerprint density at radius 3 is 2.57 bits per heavy atom. The van der Waals surface area contributed by atoms with E-state index in [0.29, 0.717) is 6.04 Å². The molecule has 114 valence electrons. The Labute approximate surface area is 134 Å². The summed E-state index contributed by atoms with van der Waals surface area (Å²) in [7, 11) is 0. The first-order chi connectivity index (χ1) is 9.93. The van der Waals surface area contributed by atoms with Crippen molar-refractivity contribution in [3.8, 4) is 0 Å². The molecule has 1 atom stereocenters. The molecule has 0 aliphatic rings. The molecule has 0 amide bonds. The van der Waals surface area contributed by atoms with Gasteiger partial charge in [0.2, 0.25) is 0 Å². The largest absolute Gasteiger partial charge is 0.271 e. The average molecular weight is 351 g/mol. The summed E-state index contributed by atoms with van der Waals surface area (Å²) in [6.07, 6.45) is 2.66. The van der Waals surface area contributed by atoms with E-state index < -0.39 is 0 Å². The van der Waals surface area contributed by atoms with Crippen LogP contribution in [0.15, 0.2) is 28.9 Å². The van der Waals surface area contributed by atoms with Crippen LogP contribution >= 0.6 is 15.9 Å². The summed E-state index contributed by atoms with van der Waals surface area (Å²) in [4.78, 5) is 0. The van der Waals surface area contributed by atoms with Gasteiger partial charge in [-0.1, -0.05) is 18.2 Å². The maximum atomic E-state index is 5.81. The van der Waals surface area contributed by atoms with E-state index >= 15 is 0 Å². The lowest BCUT2D eigenvalue weighted by Crippen LogP contribution is -2.32. The van der Waals surface area contributed by atoms with Gasteiger partial charge >= 0.3 is 0 Å². The van der Waals surface area contributed by atoms with Gasteiger partial charge < -0.3 is 0 Å². The van der Waals surface area contributed by atoms with E-state index in [4.69, 9.17) is 5.84 Å². The molecule has 5 heteroatoms. The highest BCUT2D eigenvalue weighted by Crippen LogP contribution is 2.28. The monoisotopic (exact) mass is 350 g/mol. The Hall–Kier alpha value is -1.17. The molecule has 4 nitrogen and oxygen atoms in total. The maximum absolute atomic E-state index is 5.81. The highest BCUT2D eigenvalue weighted by atomic mass is 79.9. The van der Waals surface area contributed by atoms with Crippen LogP contribution in [0.2, 0.25) is 0 Å². The first-order valence-electron chi connectivity index (χ1n) is 7.19. The van der Waals surface area contributed by atoms with E-state index in [-0.39, 0.29) is 6.04 Å². The minimum Gasteiger partial charge on any atom is -0.271 e. The summed E-state index contributed by atoms with van der Waals surface area (Å²) in [6.45, 7) is 8.50. The molecular formula is C16H23BrN4. The normalized spacial score (nSPS) is 12.9. The first kappa shape index (κ1) is 16.2.